The van der Waals surface area contributed by atoms with E-state index in [2.05, 4.69) is 103 Å². The fourth-order valence-corrected chi connectivity index (χ4v) is 10.4. The summed E-state index contributed by atoms with van der Waals surface area (Å²) in [5, 5.41) is 5.28. The molecule has 0 aliphatic rings. The third-order valence-electron chi connectivity index (χ3n) is 6.08. The number of rotatable bonds is 6. The van der Waals surface area contributed by atoms with Crippen LogP contribution in [0.5, 0.6) is 0 Å². The summed E-state index contributed by atoms with van der Waals surface area (Å²) in [6, 6.07) is 50.6. The van der Waals surface area contributed by atoms with Crippen molar-refractivity contribution in [2.75, 3.05) is 0 Å². The Morgan fingerprint density at radius 3 is 1.06 bits per heavy atom. The van der Waals surface area contributed by atoms with Gasteiger partial charge >= 0.3 is 0 Å². The summed E-state index contributed by atoms with van der Waals surface area (Å²) in [5.74, 6) is 0. The summed E-state index contributed by atoms with van der Waals surface area (Å²) >= 11 is 0. The normalized spacial score (nSPS) is 12.2. The van der Waals surface area contributed by atoms with Crippen LogP contribution in [-0.2, 0) is 10.8 Å². The van der Waals surface area contributed by atoms with Gasteiger partial charge in [-0.15, -0.1) is 0 Å². The first-order valence-electron chi connectivity index (χ1n) is 11.0. The molecule has 0 aliphatic heterocycles. The maximum Gasteiger partial charge on any atom is 0.179 e. The lowest BCUT2D eigenvalue weighted by Crippen LogP contribution is -2.74. The van der Waals surface area contributed by atoms with Gasteiger partial charge in [0.15, 0.2) is 8.07 Å². The zero-order chi connectivity index (χ0) is 22.5. The molecule has 5 aromatic carbocycles. The first-order valence-corrected chi connectivity index (χ1v) is 14.2. The van der Waals surface area contributed by atoms with E-state index >= 15 is 0 Å². The molecule has 5 rings (SSSR count). The summed E-state index contributed by atoms with van der Waals surface area (Å²) in [7, 11) is -3.74. The van der Waals surface area contributed by atoms with E-state index in [1.165, 1.54) is 20.7 Å². The van der Waals surface area contributed by atoms with Crippen LogP contribution in [0.1, 0.15) is 0 Å². The SMILES string of the molecule is O=S(c1ccccc1)c1ccc([Si](c2ccccc2)(c2ccccc2)c2ccccc2)cc1. The molecule has 0 saturated heterocycles. The predicted molar refractivity (Wildman–Crippen MR) is 141 cm³/mol. The van der Waals surface area contributed by atoms with Gasteiger partial charge in [0, 0.05) is 9.79 Å². The van der Waals surface area contributed by atoms with Gasteiger partial charge in [-0.05, 0) is 45.0 Å². The highest BCUT2D eigenvalue weighted by Crippen LogP contribution is 2.17. The number of hydrogen-bond donors (Lipinski definition) is 0. The molecule has 0 radical (unpaired) electrons. The monoisotopic (exact) mass is 460 g/mol. The zero-order valence-corrected chi connectivity index (χ0v) is 20.0. The van der Waals surface area contributed by atoms with E-state index in [1.807, 2.05) is 42.5 Å². The first kappa shape index (κ1) is 21.3. The predicted octanol–water partition coefficient (Wildman–Crippen LogP) is 4.23. The van der Waals surface area contributed by atoms with Crippen molar-refractivity contribution in [3.05, 3.63) is 146 Å². The van der Waals surface area contributed by atoms with E-state index < -0.39 is 18.9 Å². The molecule has 0 aromatic heterocycles. The van der Waals surface area contributed by atoms with Crippen molar-refractivity contribution in [2.45, 2.75) is 9.79 Å². The second kappa shape index (κ2) is 9.53. The molecule has 0 aliphatic carbocycles. The molecule has 3 heteroatoms. The number of hydrogen-bond acceptors (Lipinski definition) is 1. The minimum atomic E-state index is -2.54. The zero-order valence-electron chi connectivity index (χ0n) is 18.2. The molecule has 0 bridgehead atoms. The second-order valence-electron chi connectivity index (χ2n) is 7.95. The Bertz CT molecular complexity index is 1240. The van der Waals surface area contributed by atoms with E-state index in [0.717, 1.165) is 9.79 Å². The lowest BCUT2D eigenvalue weighted by molar-refractivity contribution is 0.683. The lowest BCUT2D eigenvalue weighted by atomic mass is 10.3. The second-order valence-corrected chi connectivity index (χ2v) is 13.2. The van der Waals surface area contributed by atoms with Gasteiger partial charge in [0.1, 0.15) is 0 Å². The van der Waals surface area contributed by atoms with E-state index in [-0.39, 0.29) is 0 Å². The Morgan fingerprint density at radius 1 is 0.364 bits per heavy atom. The van der Waals surface area contributed by atoms with E-state index in [1.54, 1.807) is 0 Å². The van der Waals surface area contributed by atoms with Crippen molar-refractivity contribution in [3.63, 3.8) is 0 Å². The van der Waals surface area contributed by atoms with Gasteiger partial charge in [-0.1, -0.05) is 121 Å². The Kier molecular flexibility index (Phi) is 6.16. The minimum Gasteiger partial charge on any atom is -0.249 e. The smallest absolute Gasteiger partial charge is 0.179 e. The molecule has 0 spiro atoms. The fourth-order valence-electron chi connectivity index (χ4n) is 4.57. The van der Waals surface area contributed by atoms with Crippen LogP contribution in [0.25, 0.3) is 0 Å². The van der Waals surface area contributed by atoms with Crippen LogP contribution in [0.15, 0.2) is 155 Å². The summed E-state index contributed by atoms with van der Waals surface area (Å²) in [5.41, 5.74) is 0. The van der Waals surface area contributed by atoms with Crippen LogP contribution in [0.2, 0.25) is 0 Å². The van der Waals surface area contributed by atoms with Crippen LogP contribution in [-0.4, -0.2) is 12.3 Å². The molecule has 0 amide bonds. The van der Waals surface area contributed by atoms with Crippen LogP contribution in [0, 0.1) is 0 Å². The molecule has 1 unspecified atom stereocenters. The van der Waals surface area contributed by atoms with E-state index in [9.17, 15) is 4.21 Å². The Balaban J connectivity index is 1.72. The highest BCUT2D eigenvalue weighted by Gasteiger charge is 2.41. The van der Waals surface area contributed by atoms with Gasteiger partial charge in [-0.2, -0.15) is 0 Å². The van der Waals surface area contributed by atoms with Crippen LogP contribution in [0.4, 0.5) is 0 Å². The molecular formula is C30H24OSSi. The van der Waals surface area contributed by atoms with Gasteiger partial charge in [-0.25, -0.2) is 4.21 Å². The van der Waals surface area contributed by atoms with Crippen LogP contribution in [0.3, 0.4) is 0 Å². The molecule has 0 fully saturated rings. The van der Waals surface area contributed by atoms with Gasteiger partial charge in [-0.3, -0.25) is 0 Å². The van der Waals surface area contributed by atoms with Gasteiger partial charge in [0.25, 0.3) is 0 Å². The maximum absolute atomic E-state index is 13.1. The summed E-state index contributed by atoms with van der Waals surface area (Å²) in [6.45, 7) is 0. The summed E-state index contributed by atoms with van der Waals surface area (Å²) in [4.78, 5) is 1.64. The average Bonchev–Trinajstić information content (AvgIpc) is 2.91. The third kappa shape index (κ3) is 4.02. The van der Waals surface area contributed by atoms with Crippen molar-refractivity contribution in [1.29, 1.82) is 0 Å². The molecule has 0 heterocycles. The topological polar surface area (TPSA) is 17.1 Å². The van der Waals surface area contributed by atoms with Crippen molar-refractivity contribution >= 4 is 39.6 Å². The van der Waals surface area contributed by atoms with Crippen molar-refractivity contribution in [2.24, 2.45) is 0 Å². The highest BCUT2D eigenvalue weighted by molar-refractivity contribution is 7.85. The summed E-state index contributed by atoms with van der Waals surface area (Å²) < 4.78 is 13.1. The molecule has 1 atom stereocenters. The Labute approximate surface area is 198 Å². The van der Waals surface area contributed by atoms with Gasteiger partial charge in [0.05, 0.1) is 10.8 Å². The molecule has 0 saturated carbocycles. The Hall–Kier alpha value is -3.53. The molecular weight excluding hydrogens is 436 g/mol. The van der Waals surface area contributed by atoms with Crippen molar-refractivity contribution in [1.82, 2.24) is 0 Å². The van der Waals surface area contributed by atoms with Crippen molar-refractivity contribution in [3.8, 4) is 0 Å². The minimum absolute atomic E-state index is 0.821. The lowest BCUT2D eigenvalue weighted by Gasteiger charge is -2.34. The maximum atomic E-state index is 13.1. The molecule has 33 heavy (non-hydrogen) atoms. The third-order valence-corrected chi connectivity index (χ3v) is 12.3. The fraction of sp³-hybridized carbons (Fsp3) is 0. The molecule has 160 valence electrons. The first-order chi connectivity index (χ1) is 16.3. The average molecular weight is 461 g/mol. The van der Waals surface area contributed by atoms with Gasteiger partial charge < -0.3 is 0 Å². The van der Waals surface area contributed by atoms with Crippen LogP contribution < -0.4 is 20.7 Å². The molecule has 5 aromatic rings. The van der Waals surface area contributed by atoms with Crippen LogP contribution >= 0.6 is 0 Å². The van der Waals surface area contributed by atoms with Gasteiger partial charge in [0.2, 0.25) is 0 Å². The molecule has 1 nitrogen and oxygen atoms in total. The summed E-state index contributed by atoms with van der Waals surface area (Å²) in [6.07, 6.45) is 0. The molecule has 0 N–H and O–H groups in total. The van der Waals surface area contributed by atoms with E-state index in [0.29, 0.717) is 0 Å². The highest BCUT2D eigenvalue weighted by atomic mass is 32.2. The number of benzene rings is 5. The van der Waals surface area contributed by atoms with E-state index in [4.69, 9.17) is 0 Å². The van der Waals surface area contributed by atoms with Crippen molar-refractivity contribution < 1.29 is 4.21 Å². The largest absolute Gasteiger partial charge is 0.249 e. The standard InChI is InChI=1S/C30H24OSSi/c31-32(25-13-5-1-6-14-25)26-21-23-30(24-22-26)33(27-15-7-2-8-16-27,28-17-9-3-10-18-28)29-19-11-4-12-20-29/h1-24H. The Morgan fingerprint density at radius 2 is 0.667 bits per heavy atom. The quantitative estimate of drug-likeness (QED) is 0.274.